The fourth-order valence-electron chi connectivity index (χ4n) is 0.921. The van der Waals surface area contributed by atoms with Gasteiger partial charge >= 0.3 is 0 Å². The summed E-state index contributed by atoms with van der Waals surface area (Å²) in [5, 5.41) is 3.24. The molecule has 3 nitrogen and oxygen atoms in total. The van der Waals surface area contributed by atoms with Gasteiger partial charge in [0.25, 0.3) is 0 Å². The van der Waals surface area contributed by atoms with Crippen molar-refractivity contribution >= 4 is 21.6 Å². The summed E-state index contributed by atoms with van der Waals surface area (Å²) in [4.78, 5) is 3.97. The van der Waals surface area contributed by atoms with Crippen LogP contribution in [0, 0.1) is 0 Å². The lowest BCUT2D eigenvalue weighted by Gasteiger charge is -2.07. The topological polar surface area (TPSA) is 34.1 Å². The molecule has 0 aliphatic carbocycles. The molecule has 4 heteroatoms. The van der Waals surface area contributed by atoms with E-state index >= 15 is 0 Å². The Morgan fingerprint density at radius 3 is 3.15 bits per heavy atom. The highest BCUT2D eigenvalue weighted by molar-refractivity contribution is 9.10. The standard InChI is InChI=1S/C9H13BrN2O/c1-2-13-6-5-12-9-3-4-11-7-8(9)10/h3-4,7H,2,5-6H2,1H3,(H,11,12). The van der Waals surface area contributed by atoms with E-state index in [4.69, 9.17) is 4.74 Å². The maximum atomic E-state index is 5.20. The molecule has 0 spiro atoms. The van der Waals surface area contributed by atoms with Gasteiger partial charge in [-0.2, -0.15) is 0 Å². The Balaban J connectivity index is 2.32. The molecule has 0 radical (unpaired) electrons. The molecule has 0 saturated carbocycles. The van der Waals surface area contributed by atoms with Crippen LogP contribution in [0.15, 0.2) is 22.9 Å². The Kier molecular flexibility index (Phi) is 4.78. The largest absolute Gasteiger partial charge is 0.382 e. The van der Waals surface area contributed by atoms with Crippen molar-refractivity contribution in [2.45, 2.75) is 6.92 Å². The van der Waals surface area contributed by atoms with Crippen molar-refractivity contribution in [1.29, 1.82) is 0 Å². The highest BCUT2D eigenvalue weighted by atomic mass is 79.9. The molecule has 0 aromatic carbocycles. The second kappa shape index (κ2) is 5.94. The third-order valence-corrected chi connectivity index (χ3v) is 2.17. The SMILES string of the molecule is CCOCCNc1ccncc1Br. The van der Waals surface area contributed by atoms with Crippen molar-refractivity contribution < 1.29 is 4.74 Å². The molecule has 1 aromatic heterocycles. The normalized spacial score (nSPS) is 10.0. The van der Waals surface area contributed by atoms with Crippen LogP contribution in [0.5, 0.6) is 0 Å². The van der Waals surface area contributed by atoms with Gasteiger partial charge in [0.1, 0.15) is 0 Å². The summed E-state index contributed by atoms with van der Waals surface area (Å²) in [7, 11) is 0. The van der Waals surface area contributed by atoms with Crippen LogP contribution in [-0.2, 0) is 4.74 Å². The van der Waals surface area contributed by atoms with Crippen molar-refractivity contribution in [2.75, 3.05) is 25.1 Å². The van der Waals surface area contributed by atoms with E-state index in [2.05, 4.69) is 26.2 Å². The van der Waals surface area contributed by atoms with Gasteiger partial charge in [0.05, 0.1) is 16.8 Å². The molecule has 1 heterocycles. The quantitative estimate of drug-likeness (QED) is 0.808. The number of nitrogens with zero attached hydrogens (tertiary/aromatic N) is 1. The fourth-order valence-corrected chi connectivity index (χ4v) is 1.31. The van der Waals surface area contributed by atoms with E-state index in [0.717, 1.165) is 29.9 Å². The number of anilines is 1. The average Bonchev–Trinajstić information content (AvgIpc) is 2.15. The molecule has 0 atom stereocenters. The van der Waals surface area contributed by atoms with Crippen LogP contribution in [0.1, 0.15) is 6.92 Å². The highest BCUT2D eigenvalue weighted by Crippen LogP contribution is 2.19. The number of nitrogens with one attached hydrogen (secondary N) is 1. The van der Waals surface area contributed by atoms with E-state index in [1.807, 2.05) is 13.0 Å². The van der Waals surface area contributed by atoms with Gasteiger partial charge in [0, 0.05) is 25.5 Å². The second-order valence-corrected chi connectivity index (χ2v) is 3.33. The smallest absolute Gasteiger partial charge is 0.0638 e. The summed E-state index contributed by atoms with van der Waals surface area (Å²) in [6.45, 7) is 4.29. The summed E-state index contributed by atoms with van der Waals surface area (Å²) in [6.07, 6.45) is 3.52. The number of rotatable bonds is 5. The van der Waals surface area contributed by atoms with Crippen LogP contribution in [0.3, 0.4) is 0 Å². The Bertz CT molecular complexity index is 255. The summed E-state index contributed by atoms with van der Waals surface area (Å²) in [5.41, 5.74) is 1.05. The van der Waals surface area contributed by atoms with Gasteiger partial charge in [0.15, 0.2) is 0 Å². The number of ether oxygens (including phenoxy) is 1. The van der Waals surface area contributed by atoms with Gasteiger partial charge in [-0.1, -0.05) is 0 Å². The first-order chi connectivity index (χ1) is 6.34. The number of hydrogen-bond donors (Lipinski definition) is 1. The van der Waals surface area contributed by atoms with Crippen molar-refractivity contribution in [3.63, 3.8) is 0 Å². The first-order valence-corrected chi connectivity index (χ1v) is 5.05. The molecule has 72 valence electrons. The molecule has 0 fully saturated rings. The van der Waals surface area contributed by atoms with Crippen molar-refractivity contribution in [2.24, 2.45) is 0 Å². The summed E-state index contributed by atoms with van der Waals surface area (Å²) in [5.74, 6) is 0. The number of hydrogen-bond acceptors (Lipinski definition) is 3. The number of pyridine rings is 1. The molecular formula is C9H13BrN2O. The predicted molar refractivity (Wildman–Crippen MR) is 56.9 cm³/mol. The van der Waals surface area contributed by atoms with Gasteiger partial charge in [-0.25, -0.2) is 0 Å². The summed E-state index contributed by atoms with van der Waals surface area (Å²) < 4.78 is 6.18. The van der Waals surface area contributed by atoms with Crippen LogP contribution in [-0.4, -0.2) is 24.7 Å². The third-order valence-electron chi connectivity index (χ3n) is 1.54. The minimum Gasteiger partial charge on any atom is -0.382 e. The Labute approximate surface area is 86.6 Å². The van der Waals surface area contributed by atoms with Crippen molar-refractivity contribution in [3.8, 4) is 0 Å². The summed E-state index contributed by atoms with van der Waals surface area (Å²) >= 11 is 3.40. The monoisotopic (exact) mass is 244 g/mol. The lowest BCUT2D eigenvalue weighted by molar-refractivity contribution is 0.158. The minimum absolute atomic E-state index is 0.727. The first-order valence-electron chi connectivity index (χ1n) is 4.25. The molecule has 1 N–H and O–H groups in total. The zero-order valence-corrected chi connectivity index (χ0v) is 9.17. The van der Waals surface area contributed by atoms with E-state index < -0.39 is 0 Å². The van der Waals surface area contributed by atoms with E-state index in [0.29, 0.717) is 0 Å². The molecule has 0 bridgehead atoms. The maximum absolute atomic E-state index is 5.20. The van der Waals surface area contributed by atoms with Crippen LogP contribution in [0.25, 0.3) is 0 Å². The fraction of sp³-hybridized carbons (Fsp3) is 0.444. The molecule has 13 heavy (non-hydrogen) atoms. The highest BCUT2D eigenvalue weighted by Gasteiger charge is 1.96. The Hall–Kier alpha value is -0.610. The molecular weight excluding hydrogens is 232 g/mol. The van der Waals surface area contributed by atoms with Crippen LogP contribution < -0.4 is 5.32 Å². The molecule has 1 aromatic rings. The minimum atomic E-state index is 0.727. The zero-order valence-electron chi connectivity index (χ0n) is 7.59. The maximum Gasteiger partial charge on any atom is 0.0638 e. The van der Waals surface area contributed by atoms with Crippen LogP contribution >= 0.6 is 15.9 Å². The van der Waals surface area contributed by atoms with E-state index in [1.165, 1.54) is 0 Å². The predicted octanol–water partition coefficient (Wildman–Crippen LogP) is 2.29. The summed E-state index contributed by atoms with van der Waals surface area (Å²) in [6, 6.07) is 1.93. The van der Waals surface area contributed by atoms with Gasteiger partial charge < -0.3 is 10.1 Å². The Morgan fingerprint density at radius 1 is 1.62 bits per heavy atom. The molecule has 0 unspecified atom stereocenters. The van der Waals surface area contributed by atoms with Crippen molar-refractivity contribution in [1.82, 2.24) is 4.98 Å². The van der Waals surface area contributed by atoms with E-state index in [9.17, 15) is 0 Å². The Morgan fingerprint density at radius 2 is 2.46 bits per heavy atom. The number of halogens is 1. The zero-order chi connectivity index (χ0) is 9.52. The third kappa shape index (κ3) is 3.74. The lowest BCUT2D eigenvalue weighted by Crippen LogP contribution is -2.09. The molecule has 0 aliphatic rings. The van der Waals surface area contributed by atoms with Gasteiger partial charge in [-0.05, 0) is 28.9 Å². The van der Waals surface area contributed by atoms with Crippen molar-refractivity contribution in [3.05, 3.63) is 22.9 Å². The molecule has 0 aliphatic heterocycles. The lowest BCUT2D eigenvalue weighted by atomic mass is 10.4. The number of aromatic nitrogens is 1. The molecule has 1 rings (SSSR count). The van der Waals surface area contributed by atoms with Crippen LogP contribution in [0.4, 0.5) is 5.69 Å². The van der Waals surface area contributed by atoms with Gasteiger partial charge in [-0.15, -0.1) is 0 Å². The molecule has 0 saturated heterocycles. The average molecular weight is 245 g/mol. The molecule has 0 amide bonds. The van der Waals surface area contributed by atoms with E-state index in [1.54, 1.807) is 12.4 Å². The van der Waals surface area contributed by atoms with Gasteiger partial charge in [-0.3, -0.25) is 4.98 Å². The van der Waals surface area contributed by atoms with Gasteiger partial charge in [0.2, 0.25) is 0 Å². The second-order valence-electron chi connectivity index (χ2n) is 2.48. The van der Waals surface area contributed by atoms with Crippen LogP contribution in [0.2, 0.25) is 0 Å². The first kappa shape index (κ1) is 10.5. The van der Waals surface area contributed by atoms with E-state index in [-0.39, 0.29) is 0 Å².